The van der Waals surface area contributed by atoms with Gasteiger partial charge in [-0.2, -0.15) is 11.8 Å². The normalized spacial score (nSPS) is 12.2. The molecule has 1 aromatic carbocycles. The molecule has 1 rings (SSSR count). The monoisotopic (exact) mass is 287 g/mol. The summed E-state index contributed by atoms with van der Waals surface area (Å²) in [7, 11) is 0. The van der Waals surface area contributed by atoms with Crippen molar-refractivity contribution in [1.29, 1.82) is 0 Å². The molecular weight excluding hydrogens is 270 g/mol. The zero-order valence-corrected chi connectivity index (χ0v) is 11.9. The van der Waals surface area contributed by atoms with Gasteiger partial charge in [-0.3, -0.25) is 4.79 Å². The maximum Gasteiger partial charge on any atom is 0.224 e. The molecule has 0 aromatic heterocycles. The molecule has 2 N–H and O–H groups in total. The Morgan fingerprint density at radius 1 is 1.56 bits per heavy atom. The lowest BCUT2D eigenvalue weighted by atomic mass is 10.1. The Labute approximate surface area is 117 Å². The molecule has 0 radical (unpaired) electrons. The van der Waals surface area contributed by atoms with E-state index >= 15 is 0 Å². The Bertz CT molecular complexity index is 381. The topological polar surface area (TPSA) is 49.3 Å². The SMILES string of the molecule is CSCC(CCO)NC(=O)Cc1cccc(Cl)c1. The highest BCUT2D eigenvalue weighted by Crippen LogP contribution is 2.11. The Morgan fingerprint density at radius 2 is 2.33 bits per heavy atom. The van der Waals surface area contributed by atoms with Crippen LogP contribution in [-0.4, -0.2) is 35.7 Å². The molecule has 0 saturated heterocycles. The molecule has 1 unspecified atom stereocenters. The fourth-order valence-corrected chi connectivity index (χ4v) is 2.53. The van der Waals surface area contributed by atoms with Gasteiger partial charge in [0.05, 0.1) is 6.42 Å². The van der Waals surface area contributed by atoms with Crippen molar-refractivity contribution in [2.45, 2.75) is 18.9 Å². The molecule has 0 saturated carbocycles. The number of hydrogen-bond acceptors (Lipinski definition) is 3. The summed E-state index contributed by atoms with van der Waals surface area (Å²) < 4.78 is 0. The van der Waals surface area contributed by atoms with Crippen molar-refractivity contribution < 1.29 is 9.90 Å². The van der Waals surface area contributed by atoms with Gasteiger partial charge >= 0.3 is 0 Å². The van der Waals surface area contributed by atoms with E-state index in [1.165, 1.54) is 0 Å². The first-order chi connectivity index (χ1) is 8.65. The summed E-state index contributed by atoms with van der Waals surface area (Å²) in [4.78, 5) is 11.8. The molecular formula is C13H18ClNO2S. The zero-order chi connectivity index (χ0) is 13.4. The standard InChI is InChI=1S/C13H18ClNO2S/c1-18-9-12(5-6-16)15-13(17)8-10-3-2-4-11(14)7-10/h2-4,7,12,16H,5-6,8-9H2,1H3,(H,15,17). The van der Waals surface area contributed by atoms with Crippen LogP contribution in [0.5, 0.6) is 0 Å². The number of amides is 1. The number of aliphatic hydroxyl groups excluding tert-OH is 1. The van der Waals surface area contributed by atoms with Crippen molar-refractivity contribution in [3.05, 3.63) is 34.9 Å². The minimum atomic E-state index is -0.0373. The second kappa shape index (κ2) is 8.40. The summed E-state index contributed by atoms with van der Waals surface area (Å²) >= 11 is 7.52. The third-order valence-electron chi connectivity index (χ3n) is 2.46. The number of rotatable bonds is 7. The maximum absolute atomic E-state index is 11.8. The third kappa shape index (κ3) is 5.76. The second-order valence-electron chi connectivity index (χ2n) is 4.04. The van der Waals surface area contributed by atoms with Gasteiger partial charge in [-0.1, -0.05) is 23.7 Å². The summed E-state index contributed by atoms with van der Waals surface area (Å²) in [6, 6.07) is 7.30. The van der Waals surface area contributed by atoms with E-state index in [1.54, 1.807) is 23.9 Å². The first-order valence-electron chi connectivity index (χ1n) is 5.79. The molecule has 0 fully saturated rings. The van der Waals surface area contributed by atoms with E-state index < -0.39 is 0 Å². The second-order valence-corrected chi connectivity index (χ2v) is 5.39. The van der Waals surface area contributed by atoms with Crippen LogP contribution in [0.2, 0.25) is 5.02 Å². The average Bonchev–Trinajstić information content (AvgIpc) is 2.29. The van der Waals surface area contributed by atoms with E-state index in [0.717, 1.165) is 11.3 Å². The van der Waals surface area contributed by atoms with Crippen molar-refractivity contribution in [2.75, 3.05) is 18.6 Å². The summed E-state index contributed by atoms with van der Waals surface area (Å²) in [6.07, 6.45) is 2.88. The third-order valence-corrected chi connectivity index (χ3v) is 3.44. The van der Waals surface area contributed by atoms with Crippen LogP contribution in [0, 0.1) is 0 Å². The molecule has 0 aliphatic carbocycles. The van der Waals surface area contributed by atoms with Gasteiger partial charge in [0.15, 0.2) is 0 Å². The van der Waals surface area contributed by atoms with Gasteiger partial charge in [0.1, 0.15) is 0 Å². The molecule has 0 aliphatic heterocycles. The highest BCUT2D eigenvalue weighted by atomic mass is 35.5. The average molecular weight is 288 g/mol. The Balaban J connectivity index is 2.49. The van der Waals surface area contributed by atoms with Crippen molar-refractivity contribution >= 4 is 29.3 Å². The number of halogens is 1. The minimum Gasteiger partial charge on any atom is -0.396 e. The van der Waals surface area contributed by atoms with Crippen molar-refractivity contribution in [3.8, 4) is 0 Å². The Kier molecular flexibility index (Phi) is 7.16. The number of benzene rings is 1. The molecule has 1 amide bonds. The Morgan fingerprint density at radius 3 is 2.94 bits per heavy atom. The summed E-state index contributed by atoms with van der Waals surface area (Å²) in [5.41, 5.74) is 0.895. The first-order valence-corrected chi connectivity index (χ1v) is 7.56. The summed E-state index contributed by atoms with van der Waals surface area (Å²) in [5.74, 6) is 0.770. The van der Waals surface area contributed by atoms with Crippen molar-refractivity contribution in [3.63, 3.8) is 0 Å². The molecule has 1 aromatic rings. The van der Waals surface area contributed by atoms with Crippen LogP contribution < -0.4 is 5.32 Å². The zero-order valence-electron chi connectivity index (χ0n) is 10.4. The van der Waals surface area contributed by atoms with Gasteiger partial charge in [-0.15, -0.1) is 0 Å². The number of hydrogen-bond donors (Lipinski definition) is 2. The highest BCUT2D eigenvalue weighted by Gasteiger charge is 2.11. The van der Waals surface area contributed by atoms with Crippen LogP contribution in [0.25, 0.3) is 0 Å². The Hall–Kier alpha value is -0.710. The van der Waals surface area contributed by atoms with Crippen LogP contribution >= 0.6 is 23.4 Å². The number of thioether (sulfide) groups is 1. The highest BCUT2D eigenvalue weighted by molar-refractivity contribution is 7.98. The van der Waals surface area contributed by atoms with Crippen LogP contribution in [0.15, 0.2) is 24.3 Å². The van der Waals surface area contributed by atoms with Crippen LogP contribution in [0.4, 0.5) is 0 Å². The molecule has 0 spiro atoms. The van der Waals surface area contributed by atoms with Gasteiger partial charge < -0.3 is 10.4 Å². The smallest absolute Gasteiger partial charge is 0.224 e. The van der Waals surface area contributed by atoms with E-state index in [4.69, 9.17) is 16.7 Å². The van der Waals surface area contributed by atoms with E-state index in [9.17, 15) is 4.79 Å². The summed E-state index contributed by atoms with van der Waals surface area (Å²) in [5, 5.41) is 12.5. The van der Waals surface area contributed by atoms with Gasteiger partial charge in [0.25, 0.3) is 0 Å². The van der Waals surface area contributed by atoms with Gasteiger partial charge in [0.2, 0.25) is 5.91 Å². The van der Waals surface area contributed by atoms with Crippen LogP contribution in [0.1, 0.15) is 12.0 Å². The molecule has 5 heteroatoms. The van der Waals surface area contributed by atoms with Crippen molar-refractivity contribution in [1.82, 2.24) is 5.32 Å². The lowest BCUT2D eigenvalue weighted by Gasteiger charge is -2.16. The van der Waals surface area contributed by atoms with E-state index in [0.29, 0.717) is 17.9 Å². The number of carbonyl (C=O) groups excluding carboxylic acids is 1. The number of nitrogens with one attached hydrogen (secondary N) is 1. The molecule has 18 heavy (non-hydrogen) atoms. The van der Waals surface area contributed by atoms with E-state index in [-0.39, 0.29) is 18.6 Å². The first kappa shape index (κ1) is 15.3. The molecule has 100 valence electrons. The van der Waals surface area contributed by atoms with Crippen molar-refractivity contribution in [2.24, 2.45) is 0 Å². The molecule has 3 nitrogen and oxygen atoms in total. The quantitative estimate of drug-likeness (QED) is 0.808. The molecule has 0 bridgehead atoms. The lowest BCUT2D eigenvalue weighted by molar-refractivity contribution is -0.121. The van der Waals surface area contributed by atoms with Gasteiger partial charge in [-0.05, 0) is 30.4 Å². The predicted octanol–water partition coefficient (Wildman–Crippen LogP) is 2.11. The fourth-order valence-electron chi connectivity index (χ4n) is 1.67. The fraction of sp³-hybridized carbons (Fsp3) is 0.462. The largest absolute Gasteiger partial charge is 0.396 e. The number of aliphatic hydroxyl groups is 1. The van der Waals surface area contributed by atoms with E-state index in [1.807, 2.05) is 18.4 Å². The van der Waals surface area contributed by atoms with Gasteiger partial charge in [0, 0.05) is 23.4 Å². The lowest BCUT2D eigenvalue weighted by Crippen LogP contribution is -2.38. The van der Waals surface area contributed by atoms with Crippen LogP contribution in [-0.2, 0) is 11.2 Å². The molecule has 1 atom stereocenters. The molecule has 0 aliphatic rings. The predicted molar refractivity (Wildman–Crippen MR) is 77.2 cm³/mol. The van der Waals surface area contributed by atoms with E-state index in [2.05, 4.69) is 5.32 Å². The molecule has 0 heterocycles. The summed E-state index contributed by atoms with van der Waals surface area (Å²) in [6.45, 7) is 0.0860. The van der Waals surface area contributed by atoms with Gasteiger partial charge in [-0.25, -0.2) is 0 Å². The minimum absolute atomic E-state index is 0.0247. The van der Waals surface area contributed by atoms with Crippen LogP contribution in [0.3, 0.4) is 0 Å². The number of carbonyl (C=O) groups is 1. The maximum atomic E-state index is 11.8.